The molecule has 0 aliphatic carbocycles. The highest BCUT2D eigenvalue weighted by molar-refractivity contribution is 5.68. The number of ether oxygens (including phenoxy) is 2. The van der Waals surface area contributed by atoms with Crippen LogP contribution >= 0.6 is 0 Å². The van der Waals surface area contributed by atoms with Crippen LogP contribution in [0.2, 0.25) is 0 Å². The Morgan fingerprint density at radius 2 is 1.95 bits per heavy atom. The van der Waals surface area contributed by atoms with Gasteiger partial charge in [0.15, 0.2) is 0 Å². The van der Waals surface area contributed by atoms with Gasteiger partial charge < -0.3 is 20.1 Å². The molecular formula is C17H34N2O3. The van der Waals surface area contributed by atoms with Crippen molar-refractivity contribution in [3.05, 3.63) is 0 Å². The Hall–Kier alpha value is -0.810. The molecule has 0 aromatic rings. The van der Waals surface area contributed by atoms with E-state index in [0.717, 1.165) is 39.0 Å². The number of rotatable bonds is 7. The van der Waals surface area contributed by atoms with E-state index in [1.54, 1.807) is 0 Å². The summed E-state index contributed by atoms with van der Waals surface area (Å²) in [6.45, 7) is 14.5. The van der Waals surface area contributed by atoms with Crippen LogP contribution in [0.5, 0.6) is 0 Å². The van der Waals surface area contributed by atoms with Crippen LogP contribution < -0.4 is 10.6 Å². The molecule has 130 valence electrons. The van der Waals surface area contributed by atoms with Crippen molar-refractivity contribution in [2.24, 2.45) is 5.92 Å². The van der Waals surface area contributed by atoms with E-state index in [-0.39, 0.29) is 11.6 Å². The molecule has 0 bridgehead atoms. The molecule has 2 unspecified atom stereocenters. The van der Waals surface area contributed by atoms with Crippen LogP contribution in [0, 0.1) is 5.92 Å². The van der Waals surface area contributed by atoms with Gasteiger partial charge >= 0.3 is 6.09 Å². The number of alkyl carbamates (subject to hydrolysis) is 1. The fraction of sp³-hybridized carbons (Fsp3) is 0.941. The Labute approximate surface area is 135 Å². The number of nitrogens with one attached hydrogen (secondary N) is 2. The summed E-state index contributed by atoms with van der Waals surface area (Å²) in [5.41, 5.74) is -0.741. The van der Waals surface area contributed by atoms with Crippen molar-refractivity contribution in [2.45, 2.75) is 78.0 Å². The van der Waals surface area contributed by atoms with Crippen LogP contribution in [0.15, 0.2) is 0 Å². The van der Waals surface area contributed by atoms with Crippen LogP contribution in [0.3, 0.4) is 0 Å². The third-order valence-corrected chi connectivity index (χ3v) is 4.55. The smallest absolute Gasteiger partial charge is 0.408 e. The van der Waals surface area contributed by atoms with Gasteiger partial charge in [-0.1, -0.05) is 13.8 Å². The maximum absolute atomic E-state index is 12.1. The van der Waals surface area contributed by atoms with E-state index in [0.29, 0.717) is 12.0 Å². The molecule has 0 saturated carbocycles. The van der Waals surface area contributed by atoms with Crippen molar-refractivity contribution in [3.63, 3.8) is 0 Å². The number of carbonyl (C=O) groups is 1. The summed E-state index contributed by atoms with van der Waals surface area (Å²) < 4.78 is 10.9. The quantitative estimate of drug-likeness (QED) is 0.758. The van der Waals surface area contributed by atoms with Crippen LogP contribution in [0.4, 0.5) is 4.79 Å². The van der Waals surface area contributed by atoms with Gasteiger partial charge in [0.1, 0.15) is 5.60 Å². The molecule has 1 fully saturated rings. The second-order valence-corrected chi connectivity index (χ2v) is 7.41. The predicted octanol–water partition coefficient (Wildman–Crippen LogP) is 3.08. The van der Waals surface area contributed by atoms with E-state index < -0.39 is 5.60 Å². The summed E-state index contributed by atoms with van der Waals surface area (Å²) in [6, 6.07) is 0.389. The van der Waals surface area contributed by atoms with Crippen LogP contribution in [-0.2, 0) is 9.47 Å². The SMILES string of the molecule is CCC(CC)(CNC(C)C1CCOC1)NC(=O)OC(C)(C)C. The van der Waals surface area contributed by atoms with Gasteiger partial charge in [-0.05, 0) is 52.9 Å². The Balaban J connectivity index is 2.56. The number of carbonyl (C=O) groups excluding carboxylic acids is 1. The predicted molar refractivity (Wildman–Crippen MR) is 89.1 cm³/mol. The van der Waals surface area contributed by atoms with E-state index in [9.17, 15) is 4.79 Å². The van der Waals surface area contributed by atoms with Crippen LogP contribution in [-0.4, -0.2) is 43.0 Å². The number of hydrogen-bond donors (Lipinski definition) is 2. The second-order valence-electron chi connectivity index (χ2n) is 7.41. The molecular weight excluding hydrogens is 280 g/mol. The first-order chi connectivity index (χ1) is 10.2. The van der Waals surface area contributed by atoms with Crippen molar-refractivity contribution in [1.29, 1.82) is 0 Å². The molecule has 5 nitrogen and oxygen atoms in total. The lowest BCUT2D eigenvalue weighted by atomic mass is 9.91. The summed E-state index contributed by atoms with van der Waals surface area (Å²) in [5.74, 6) is 0.563. The summed E-state index contributed by atoms with van der Waals surface area (Å²) in [7, 11) is 0. The first-order valence-electron chi connectivity index (χ1n) is 8.53. The number of amides is 1. The fourth-order valence-electron chi connectivity index (χ4n) is 2.71. The van der Waals surface area contributed by atoms with Gasteiger partial charge in [0.05, 0.1) is 12.1 Å². The van der Waals surface area contributed by atoms with Gasteiger partial charge in [-0.2, -0.15) is 0 Å². The molecule has 0 spiro atoms. The van der Waals surface area contributed by atoms with Crippen molar-refractivity contribution in [3.8, 4) is 0 Å². The zero-order valence-corrected chi connectivity index (χ0v) is 15.1. The van der Waals surface area contributed by atoms with Gasteiger partial charge in [0.25, 0.3) is 0 Å². The molecule has 5 heteroatoms. The third-order valence-electron chi connectivity index (χ3n) is 4.55. The highest BCUT2D eigenvalue weighted by atomic mass is 16.6. The van der Waals surface area contributed by atoms with Crippen molar-refractivity contribution >= 4 is 6.09 Å². The van der Waals surface area contributed by atoms with E-state index in [4.69, 9.17) is 9.47 Å². The van der Waals surface area contributed by atoms with Crippen molar-refractivity contribution in [2.75, 3.05) is 19.8 Å². The van der Waals surface area contributed by atoms with Crippen molar-refractivity contribution in [1.82, 2.24) is 10.6 Å². The van der Waals surface area contributed by atoms with Gasteiger partial charge in [0.2, 0.25) is 0 Å². The zero-order chi connectivity index (χ0) is 16.8. The molecule has 2 N–H and O–H groups in total. The molecule has 1 saturated heterocycles. The normalized spacial score (nSPS) is 20.7. The van der Waals surface area contributed by atoms with E-state index in [2.05, 4.69) is 31.4 Å². The molecule has 22 heavy (non-hydrogen) atoms. The molecule has 1 aliphatic rings. The van der Waals surface area contributed by atoms with E-state index in [1.165, 1.54) is 0 Å². The lowest BCUT2D eigenvalue weighted by Crippen LogP contribution is -2.56. The van der Waals surface area contributed by atoms with Crippen molar-refractivity contribution < 1.29 is 14.3 Å². The third kappa shape index (κ3) is 6.13. The number of hydrogen-bond acceptors (Lipinski definition) is 4. The molecule has 0 aromatic heterocycles. The first-order valence-corrected chi connectivity index (χ1v) is 8.53. The average Bonchev–Trinajstić information content (AvgIpc) is 2.95. The Morgan fingerprint density at radius 1 is 1.32 bits per heavy atom. The molecule has 1 rings (SSSR count). The average molecular weight is 314 g/mol. The van der Waals surface area contributed by atoms with Gasteiger partial charge in [-0.25, -0.2) is 4.79 Å². The highest BCUT2D eigenvalue weighted by Crippen LogP contribution is 2.20. The lowest BCUT2D eigenvalue weighted by Gasteiger charge is -2.35. The topological polar surface area (TPSA) is 59.6 Å². The van der Waals surface area contributed by atoms with E-state index in [1.807, 2.05) is 20.8 Å². The van der Waals surface area contributed by atoms with Gasteiger partial charge in [0, 0.05) is 19.2 Å². The highest BCUT2D eigenvalue weighted by Gasteiger charge is 2.32. The zero-order valence-electron chi connectivity index (χ0n) is 15.1. The summed E-state index contributed by atoms with van der Waals surface area (Å²) in [5, 5.41) is 6.66. The Bertz CT molecular complexity index is 342. The maximum Gasteiger partial charge on any atom is 0.408 e. The van der Waals surface area contributed by atoms with E-state index >= 15 is 0 Å². The minimum absolute atomic E-state index is 0.268. The second kappa shape index (κ2) is 8.16. The maximum atomic E-state index is 12.1. The minimum atomic E-state index is -0.473. The van der Waals surface area contributed by atoms with Crippen LogP contribution in [0.25, 0.3) is 0 Å². The molecule has 1 aliphatic heterocycles. The summed E-state index contributed by atoms with van der Waals surface area (Å²) >= 11 is 0. The first kappa shape index (κ1) is 19.2. The fourth-order valence-corrected chi connectivity index (χ4v) is 2.71. The Morgan fingerprint density at radius 3 is 2.41 bits per heavy atom. The molecule has 1 heterocycles. The lowest BCUT2D eigenvalue weighted by molar-refractivity contribution is 0.0442. The minimum Gasteiger partial charge on any atom is -0.444 e. The molecule has 0 aromatic carbocycles. The van der Waals surface area contributed by atoms with Gasteiger partial charge in [-0.3, -0.25) is 0 Å². The van der Waals surface area contributed by atoms with Gasteiger partial charge in [-0.15, -0.1) is 0 Å². The molecule has 0 radical (unpaired) electrons. The summed E-state index contributed by atoms with van der Waals surface area (Å²) in [6.07, 6.45) is 2.50. The molecule has 1 amide bonds. The molecule has 2 atom stereocenters. The monoisotopic (exact) mass is 314 g/mol. The largest absolute Gasteiger partial charge is 0.444 e. The van der Waals surface area contributed by atoms with Crippen LogP contribution in [0.1, 0.15) is 60.8 Å². The summed E-state index contributed by atoms with van der Waals surface area (Å²) in [4.78, 5) is 12.1. The Kier molecular flexibility index (Phi) is 7.13. The standard InChI is InChI=1S/C17H34N2O3/c1-7-17(8-2,19-15(20)22-16(4,5)6)12-18-13(3)14-9-10-21-11-14/h13-14,18H,7-12H2,1-6H3,(H,19,20).